The Balaban J connectivity index is 1.41. The molecule has 3 aromatic carbocycles. The van der Waals surface area contributed by atoms with E-state index >= 15 is 0 Å². The molecule has 0 unspecified atom stereocenters. The quantitative estimate of drug-likeness (QED) is 0.269. The summed E-state index contributed by atoms with van der Waals surface area (Å²) in [5.74, 6) is -1.44. The number of carbonyl (C=O) groups is 2. The number of carboxylic acids is 1. The second-order valence-electron chi connectivity index (χ2n) is 8.67. The first kappa shape index (κ1) is 25.3. The number of amides is 1. The Morgan fingerprint density at radius 3 is 2.24 bits per heavy atom. The van der Waals surface area contributed by atoms with Crippen LogP contribution in [0.2, 0.25) is 0 Å². The molecule has 0 radical (unpaired) electrons. The molecule has 3 N–H and O–H groups in total. The smallest absolute Gasteiger partial charge is 0.326 e. The molecule has 0 aliphatic rings. The number of nitrogens with zero attached hydrogens (tertiary/aromatic N) is 2. The molecule has 0 bridgehead atoms. The number of pyridine rings is 1. The van der Waals surface area contributed by atoms with Gasteiger partial charge in [0, 0.05) is 43.7 Å². The van der Waals surface area contributed by atoms with Gasteiger partial charge in [0.2, 0.25) is 0 Å². The minimum atomic E-state index is -1.15. The number of hydrogen-bond acceptors (Lipinski definition) is 7. The van der Waals surface area contributed by atoms with Gasteiger partial charge in [-0.25, -0.2) is 4.79 Å². The predicted molar refractivity (Wildman–Crippen MR) is 142 cm³/mol. The maximum Gasteiger partial charge on any atom is 0.326 e. The number of anilines is 3. The summed E-state index contributed by atoms with van der Waals surface area (Å²) in [6.07, 6.45) is 3.79. The van der Waals surface area contributed by atoms with Gasteiger partial charge >= 0.3 is 5.97 Å². The van der Waals surface area contributed by atoms with Crippen molar-refractivity contribution in [3.8, 4) is 0 Å². The Bertz CT molecular complexity index is 1450. The van der Waals surface area contributed by atoms with Crippen molar-refractivity contribution in [3.05, 3.63) is 116 Å². The van der Waals surface area contributed by atoms with Gasteiger partial charge < -0.3 is 20.6 Å². The number of carboxylic acid groups (broad SMARTS) is 1. The van der Waals surface area contributed by atoms with Crippen LogP contribution in [-0.2, 0) is 17.6 Å². The fourth-order valence-electron chi connectivity index (χ4n) is 3.97. The maximum absolute atomic E-state index is 12.3. The molecule has 4 aromatic rings. The Hall–Kier alpha value is -4.79. The number of aliphatic carboxylic acids is 1. The van der Waals surface area contributed by atoms with E-state index in [2.05, 4.69) is 15.6 Å². The van der Waals surface area contributed by atoms with Gasteiger partial charge in [-0.2, -0.15) is 0 Å². The second-order valence-corrected chi connectivity index (χ2v) is 8.67. The number of aromatic nitrogens is 1. The summed E-state index contributed by atoms with van der Waals surface area (Å²) < 4.78 is 0. The summed E-state index contributed by atoms with van der Waals surface area (Å²) in [6, 6.07) is 18.6. The number of rotatable bonds is 11. The molecular formula is C28H26N4O5. The van der Waals surface area contributed by atoms with Gasteiger partial charge in [-0.15, -0.1) is 0 Å². The second kappa shape index (κ2) is 11.3. The van der Waals surface area contributed by atoms with E-state index in [9.17, 15) is 24.3 Å². The number of nitrogens with one attached hydrogen (secondary N) is 2. The molecule has 0 aliphatic carbocycles. The minimum absolute atomic E-state index is 0.0224. The first-order chi connectivity index (χ1) is 17.8. The lowest BCUT2D eigenvalue weighted by molar-refractivity contribution is -0.137. The Morgan fingerprint density at radius 1 is 0.919 bits per heavy atom. The van der Waals surface area contributed by atoms with Crippen LogP contribution in [0.15, 0.2) is 88.7 Å². The van der Waals surface area contributed by atoms with Gasteiger partial charge in [-0.3, -0.25) is 19.4 Å². The highest BCUT2D eigenvalue weighted by atomic mass is 16.4. The van der Waals surface area contributed by atoms with Crippen LogP contribution in [0.4, 0.5) is 17.1 Å². The van der Waals surface area contributed by atoms with Crippen LogP contribution in [0, 0.1) is 0 Å². The van der Waals surface area contributed by atoms with E-state index in [0.29, 0.717) is 29.8 Å². The van der Waals surface area contributed by atoms with Crippen LogP contribution in [0.25, 0.3) is 0 Å². The van der Waals surface area contributed by atoms with E-state index in [0.717, 1.165) is 5.56 Å². The van der Waals surface area contributed by atoms with Crippen LogP contribution in [0.3, 0.4) is 0 Å². The summed E-state index contributed by atoms with van der Waals surface area (Å²) >= 11 is 0. The van der Waals surface area contributed by atoms with Gasteiger partial charge in [0.15, 0.2) is 0 Å². The molecule has 9 heteroatoms. The molecular weight excluding hydrogens is 472 g/mol. The lowest BCUT2D eigenvalue weighted by atomic mass is 10.0. The summed E-state index contributed by atoms with van der Waals surface area (Å²) in [5.41, 5.74) is 1.65. The lowest BCUT2D eigenvalue weighted by Gasteiger charge is -2.25. The standard InChI is InChI=1S/C28H26N4O5/c1-32(16-13-18-5-3-2-4-6-18)24-23(25(33)26(24)34)31-22(28(36)37)17-19-7-9-21(10-8-19)30-27(35)20-11-14-29-15-12-20/h2-12,14-15,22,31H,13,16-17H2,1H3,(H,30,35)(H,36,37)/t22-/m0/s1. The van der Waals surface area contributed by atoms with Gasteiger partial charge in [0.25, 0.3) is 16.8 Å². The van der Waals surface area contributed by atoms with Crippen molar-refractivity contribution >= 4 is 28.9 Å². The normalized spacial score (nSPS) is 11.6. The van der Waals surface area contributed by atoms with Crippen LogP contribution < -0.4 is 26.4 Å². The van der Waals surface area contributed by atoms with Crippen molar-refractivity contribution in [1.29, 1.82) is 0 Å². The van der Waals surface area contributed by atoms with Crippen LogP contribution >= 0.6 is 0 Å². The SMILES string of the molecule is CN(CCc1ccccc1)c1c(N[C@@H](Cc2ccc(NC(=O)c3ccncc3)cc2)C(=O)O)c(=O)c1=O. The van der Waals surface area contributed by atoms with Crippen molar-refractivity contribution in [2.75, 3.05) is 29.1 Å². The summed E-state index contributed by atoms with van der Waals surface area (Å²) in [6.45, 7) is 0.494. The van der Waals surface area contributed by atoms with Crippen molar-refractivity contribution in [1.82, 2.24) is 4.98 Å². The van der Waals surface area contributed by atoms with Gasteiger partial charge in [-0.1, -0.05) is 42.5 Å². The molecule has 1 heterocycles. The molecule has 0 saturated heterocycles. The van der Waals surface area contributed by atoms with Crippen molar-refractivity contribution in [2.24, 2.45) is 0 Å². The molecule has 1 atom stereocenters. The van der Waals surface area contributed by atoms with Crippen molar-refractivity contribution in [3.63, 3.8) is 0 Å². The minimum Gasteiger partial charge on any atom is -0.480 e. The number of benzene rings is 2. The van der Waals surface area contributed by atoms with E-state index in [1.807, 2.05) is 30.3 Å². The van der Waals surface area contributed by atoms with Crippen LogP contribution in [-0.4, -0.2) is 41.6 Å². The highest BCUT2D eigenvalue weighted by Gasteiger charge is 2.28. The van der Waals surface area contributed by atoms with E-state index < -0.39 is 22.9 Å². The maximum atomic E-state index is 12.3. The first-order valence-corrected chi connectivity index (χ1v) is 11.7. The average molecular weight is 499 g/mol. The number of carbonyl (C=O) groups excluding carboxylic acids is 1. The molecule has 0 fully saturated rings. The van der Waals surface area contributed by atoms with Crippen molar-refractivity contribution < 1.29 is 14.7 Å². The molecule has 188 valence electrons. The highest BCUT2D eigenvalue weighted by Crippen LogP contribution is 2.22. The van der Waals surface area contributed by atoms with E-state index in [-0.39, 0.29) is 23.7 Å². The molecule has 37 heavy (non-hydrogen) atoms. The zero-order valence-corrected chi connectivity index (χ0v) is 20.2. The van der Waals surface area contributed by atoms with Crippen molar-refractivity contribution in [2.45, 2.75) is 18.9 Å². The molecule has 9 nitrogen and oxygen atoms in total. The first-order valence-electron chi connectivity index (χ1n) is 11.7. The third kappa shape index (κ3) is 6.07. The average Bonchev–Trinajstić information content (AvgIpc) is 2.92. The number of hydrogen-bond donors (Lipinski definition) is 3. The van der Waals surface area contributed by atoms with Gasteiger partial charge in [0.1, 0.15) is 17.4 Å². The Labute approximate surface area is 213 Å². The lowest BCUT2D eigenvalue weighted by Crippen LogP contribution is -2.45. The van der Waals surface area contributed by atoms with Gasteiger partial charge in [0.05, 0.1) is 0 Å². The third-order valence-corrected chi connectivity index (χ3v) is 6.06. The van der Waals surface area contributed by atoms with E-state index in [1.54, 1.807) is 48.3 Å². The fraction of sp³-hybridized carbons (Fsp3) is 0.179. The topological polar surface area (TPSA) is 129 Å². The molecule has 1 aromatic heterocycles. The number of likely N-dealkylation sites (N-methyl/N-ethyl adjacent to an activating group) is 1. The largest absolute Gasteiger partial charge is 0.480 e. The predicted octanol–water partition coefficient (Wildman–Crippen LogP) is 2.72. The van der Waals surface area contributed by atoms with Crippen LogP contribution in [0.1, 0.15) is 21.5 Å². The summed E-state index contributed by atoms with van der Waals surface area (Å²) in [7, 11) is 1.71. The monoisotopic (exact) mass is 498 g/mol. The fourth-order valence-corrected chi connectivity index (χ4v) is 3.97. The van der Waals surface area contributed by atoms with Crippen LogP contribution in [0.5, 0.6) is 0 Å². The molecule has 0 spiro atoms. The highest BCUT2D eigenvalue weighted by molar-refractivity contribution is 6.04. The molecule has 0 aliphatic heterocycles. The molecule has 1 amide bonds. The van der Waals surface area contributed by atoms with E-state index in [1.165, 1.54) is 12.4 Å². The zero-order valence-electron chi connectivity index (χ0n) is 20.2. The van der Waals surface area contributed by atoms with Gasteiger partial charge in [-0.05, 0) is 41.8 Å². The molecule has 4 rings (SSSR count). The Morgan fingerprint density at radius 2 is 1.59 bits per heavy atom. The Kier molecular flexibility index (Phi) is 7.73. The zero-order chi connectivity index (χ0) is 26.4. The summed E-state index contributed by atoms with van der Waals surface area (Å²) in [4.78, 5) is 54.4. The third-order valence-electron chi connectivity index (χ3n) is 6.06. The molecule has 0 saturated carbocycles. The van der Waals surface area contributed by atoms with E-state index in [4.69, 9.17) is 0 Å². The summed E-state index contributed by atoms with van der Waals surface area (Å²) in [5, 5.41) is 15.3.